The van der Waals surface area contributed by atoms with Crippen LogP contribution in [0.1, 0.15) is 40.9 Å². The number of hydrogen-bond donors (Lipinski definition) is 1. The SMILES string of the molecule is COCCNC(=O)[C@H]1[C@@H]2C[C@@H](CN(C(=O)c3sccc3C)C2)[C@@H]2CCCC(=O)N21. The number of rotatable bonds is 5. The fourth-order valence-electron chi connectivity index (χ4n) is 5.28. The molecule has 3 amide bonds. The van der Waals surface area contributed by atoms with Crippen LogP contribution in [0.5, 0.6) is 0 Å². The molecule has 0 spiro atoms. The van der Waals surface area contributed by atoms with E-state index in [2.05, 4.69) is 5.32 Å². The minimum Gasteiger partial charge on any atom is -0.383 e. The van der Waals surface area contributed by atoms with Gasteiger partial charge in [0.05, 0.1) is 11.5 Å². The average Bonchev–Trinajstić information content (AvgIpc) is 3.14. The predicted octanol–water partition coefficient (Wildman–Crippen LogP) is 1.66. The number of thiophene rings is 1. The molecule has 0 aliphatic carbocycles. The maximum Gasteiger partial charge on any atom is 0.264 e. The summed E-state index contributed by atoms with van der Waals surface area (Å²) >= 11 is 1.47. The summed E-state index contributed by atoms with van der Waals surface area (Å²) in [6.07, 6.45) is 3.17. The van der Waals surface area contributed by atoms with Crippen molar-refractivity contribution in [3.8, 4) is 0 Å². The molecule has 3 fully saturated rings. The third kappa shape index (κ3) is 3.80. The van der Waals surface area contributed by atoms with Crippen LogP contribution in [0.25, 0.3) is 0 Å². The van der Waals surface area contributed by atoms with Crippen LogP contribution in [-0.2, 0) is 14.3 Å². The molecular formula is C21H29N3O4S. The molecule has 3 aliphatic rings. The molecule has 8 heteroatoms. The number of hydrogen-bond acceptors (Lipinski definition) is 5. The number of fused-ring (bicyclic) bond motifs is 4. The Morgan fingerprint density at radius 2 is 2.10 bits per heavy atom. The van der Waals surface area contributed by atoms with Gasteiger partial charge in [0, 0.05) is 45.1 Å². The van der Waals surface area contributed by atoms with Gasteiger partial charge in [-0.25, -0.2) is 0 Å². The molecule has 1 aromatic heterocycles. The van der Waals surface area contributed by atoms with E-state index in [9.17, 15) is 14.4 Å². The first-order valence-electron chi connectivity index (χ1n) is 10.4. The first-order valence-corrected chi connectivity index (χ1v) is 11.3. The van der Waals surface area contributed by atoms with Gasteiger partial charge in [0.25, 0.3) is 5.91 Å². The third-order valence-corrected chi connectivity index (χ3v) is 7.56. The molecule has 2 bridgehead atoms. The number of carbonyl (C=O) groups is 3. The Labute approximate surface area is 175 Å². The van der Waals surface area contributed by atoms with Crippen molar-refractivity contribution in [1.82, 2.24) is 15.1 Å². The number of nitrogens with zero attached hydrogens (tertiary/aromatic N) is 2. The molecule has 29 heavy (non-hydrogen) atoms. The average molecular weight is 420 g/mol. The van der Waals surface area contributed by atoms with Gasteiger partial charge in [-0.15, -0.1) is 11.3 Å². The Morgan fingerprint density at radius 3 is 2.83 bits per heavy atom. The largest absolute Gasteiger partial charge is 0.383 e. The second kappa shape index (κ2) is 8.44. The lowest BCUT2D eigenvalue weighted by atomic mass is 9.71. The van der Waals surface area contributed by atoms with Crippen molar-refractivity contribution in [2.24, 2.45) is 11.8 Å². The molecule has 0 unspecified atom stereocenters. The molecule has 3 saturated heterocycles. The lowest BCUT2D eigenvalue weighted by Crippen LogP contribution is -2.68. The third-order valence-electron chi connectivity index (χ3n) is 6.56. The van der Waals surface area contributed by atoms with Crippen molar-refractivity contribution in [3.63, 3.8) is 0 Å². The highest BCUT2D eigenvalue weighted by atomic mass is 32.1. The van der Waals surface area contributed by atoms with Gasteiger partial charge in [0.2, 0.25) is 11.8 Å². The quantitative estimate of drug-likeness (QED) is 0.737. The second-order valence-electron chi connectivity index (χ2n) is 8.39. The molecule has 0 aromatic carbocycles. The van der Waals surface area contributed by atoms with E-state index in [0.29, 0.717) is 32.7 Å². The molecule has 1 N–H and O–H groups in total. The van der Waals surface area contributed by atoms with E-state index in [-0.39, 0.29) is 35.6 Å². The van der Waals surface area contributed by atoms with Gasteiger partial charge in [-0.2, -0.15) is 0 Å². The Hall–Kier alpha value is -1.93. The van der Waals surface area contributed by atoms with Crippen LogP contribution in [0.4, 0.5) is 0 Å². The van der Waals surface area contributed by atoms with Gasteiger partial charge in [0.1, 0.15) is 6.04 Å². The van der Waals surface area contributed by atoms with Crippen LogP contribution < -0.4 is 5.32 Å². The van der Waals surface area contributed by atoms with Crippen LogP contribution in [0.3, 0.4) is 0 Å². The maximum atomic E-state index is 13.2. The molecule has 7 nitrogen and oxygen atoms in total. The molecule has 0 radical (unpaired) electrons. The lowest BCUT2D eigenvalue weighted by molar-refractivity contribution is -0.159. The molecular weight excluding hydrogens is 390 g/mol. The predicted molar refractivity (Wildman–Crippen MR) is 110 cm³/mol. The standard InChI is InChI=1S/C21H29N3O4S/c1-13-6-9-29-19(13)21(27)23-11-14-10-15(12-23)18(20(26)22-7-8-28-2)24-16(14)4-3-5-17(24)25/h6,9,14-16,18H,3-5,7-8,10-12H2,1-2H3,(H,22,26)/t14-,15+,16-,18+/m0/s1. The lowest BCUT2D eigenvalue weighted by Gasteiger charge is -2.55. The number of aryl methyl sites for hydroxylation is 1. The Bertz CT molecular complexity index is 795. The van der Waals surface area contributed by atoms with Gasteiger partial charge in [-0.3, -0.25) is 14.4 Å². The van der Waals surface area contributed by atoms with E-state index >= 15 is 0 Å². The van der Waals surface area contributed by atoms with Crippen molar-refractivity contribution in [3.05, 3.63) is 21.9 Å². The van der Waals surface area contributed by atoms with Crippen LogP contribution in [0, 0.1) is 18.8 Å². The highest BCUT2D eigenvalue weighted by molar-refractivity contribution is 7.12. The van der Waals surface area contributed by atoms with E-state index in [4.69, 9.17) is 4.74 Å². The molecule has 158 valence electrons. The zero-order chi connectivity index (χ0) is 20.5. The molecule has 3 aliphatic heterocycles. The summed E-state index contributed by atoms with van der Waals surface area (Å²) in [5.74, 6) is 0.231. The smallest absolute Gasteiger partial charge is 0.264 e. The van der Waals surface area contributed by atoms with Gasteiger partial charge in [-0.1, -0.05) is 0 Å². The minimum absolute atomic E-state index is 0.0289. The van der Waals surface area contributed by atoms with Gasteiger partial charge < -0.3 is 19.9 Å². The second-order valence-corrected chi connectivity index (χ2v) is 9.30. The number of nitrogens with one attached hydrogen (secondary N) is 1. The fraction of sp³-hybridized carbons (Fsp3) is 0.667. The normalized spacial score (nSPS) is 28.8. The summed E-state index contributed by atoms with van der Waals surface area (Å²) in [5.41, 5.74) is 0.999. The van der Waals surface area contributed by atoms with E-state index in [1.165, 1.54) is 11.3 Å². The van der Waals surface area contributed by atoms with Crippen molar-refractivity contribution in [2.45, 2.75) is 44.7 Å². The van der Waals surface area contributed by atoms with E-state index in [0.717, 1.165) is 29.7 Å². The number of ether oxygens (including phenoxy) is 1. The van der Waals surface area contributed by atoms with Crippen molar-refractivity contribution in [2.75, 3.05) is 33.4 Å². The Balaban J connectivity index is 1.59. The summed E-state index contributed by atoms with van der Waals surface area (Å²) in [4.78, 5) is 43.6. The number of likely N-dealkylation sites (tertiary alicyclic amines) is 1. The molecule has 4 atom stereocenters. The number of methoxy groups -OCH3 is 1. The molecule has 0 saturated carbocycles. The Kier molecular flexibility index (Phi) is 5.92. The zero-order valence-corrected chi connectivity index (χ0v) is 17.9. The van der Waals surface area contributed by atoms with Gasteiger partial charge >= 0.3 is 0 Å². The number of carbonyl (C=O) groups excluding carboxylic acids is 3. The van der Waals surface area contributed by atoms with Gasteiger partial charge in [-0.05, 0) is 49.1 Å². The van der Waals surface area contributed by atoms with E-state index < -0.39 is 6.04 Å². The van der Waals surface area contributed by atoms with E-state index in [1.54, 1.807) is 7.11 Å². The van der Waals surface area contributed by atoms with Crippen molar-refractivity contribution in [1.29, 1.82) is 0 Å². The van der Waals surface area contributed by atoms with Crippen LogP contribution in [0.2, 0.25) is 0 Å². The fourth-order valence-corrected chi connectivity index (χ4v) is 6.17. The summed E-state index contributed by atoms with van der Waals surface area (Å²) in [6, 6.07) is 1.52. The molecule has 1 aromatic rings. The summed E-state index contributed by atoms with van der Waals surface area (Å²) in [7, 11) is 1.60. The van der Waals surface area contributed by atoms with Crippen LogP contribution in [-0.4, -0.2) is 73.0 Å². The molecule has 4 heterocycles. The van der Waals surface area contributed by atoms with Crippen LogP contribution >= 0.6 is 11.3 Å². The number of amides is 3. The van der Waals surface area contributed by atoms with Crippen molar-refractivity contribution >= 4 is 29.1 Å². The zero-order valence-electron chi connectivity index (χ0n) is 17.1. The molecule has 4 rings (SSSR count). The highest BCUT2D eigenvalue weighted by Crippen LogP contribution is 2.42. The minimum atomic E-state index is -0.499. The number of piperidine rings is 3. The first kappa shape index (κ1) is 20.3. The summed E-state index contributed by atoms with van der Waals surface area (Å²) in [6.45, 7) is 4.00. The monoisotopic (exact) mass is 419 g/mol. The highest BCUT2D eigenvalue weighted by Gasteiger charge is 2.52. The summed E-state index contributed by atoms with van der Waals surface area (Å²) in [5, 5.41) is 4.88. The Morgan fingerprint density at radius 1 is 1.31 bits per heavy atom. The van der Waals surface area contributed by atoms with Gasteiger partial charge in [0.15, 0.2) is 0 Å². The van der Waals surface area contributed by atoms with Crippen molar-refractivity contribution < 1.29 is 19.1 Å². The van der Waals surface area contributed by atoms with E-state index in [1.807, 2.05) is 28.2 Å². The topological polar surface area (TPSA) is 79.0 Å². The maximum absolute atomic E-state index is 13.2. The first-order chi connectivity index (χ1) is 14.0. The summed E-state index contributed by atoms with van der Waals surface area (Å²) < 4.78 is 5.04. The van der Waals surface area contributed by atoms with Crippen LogP contribution in [0.15, 0.2) is 11.4 Å².